The maximum atomic E-state index is 12.5. The first-order valence-corrected chi connectivity index (χ1v) is 11.3. The molecule has 0 fully saturated rings. The number of hydrogen-bond donors (Lipinski definition) is 3. The molecule has 0 aliphatic heterocycles. The van der Waals surface area contributed by atoms with Gasteiger partial charge in [0.05, 0.1) is 12.0 Å². The second kappa shape index (κ2) is 10.3. The second-order valence-electron chi connectivity index (χ2n) is 6.61. The Morgan fingerprint density at radius 2 is 1.42 bits per heavy atom. The first kappa shape index (κ1) is 22.6. The van der Waals surface area contributed by atoms with Crippen LogP contribution in [0.2, 0.25) is 5.02 Å². The SMILES string of the molecule is COc1ccc(CCNS(=O)(=O)c2ccc(NC(=O)Nc3ccc(Cl)cc3)cc2)cc1. The topological polar surface area (TPSA) is 96.5 Å². The van der Waals surface area contributed by atoms with Crippen LogP contribution in [-0.2, 0) is 16.4 Å². The van der Waals surface area contributed by atoms with Gasteiger partial charge in [-0.2, -0.15) is 0 Å². The molecule has 0 atom stereocenters. The number of benzene rings is 3. The summed E-state index contributed by atoms with van der Waals surface area (Å²) < 4.78 is 32.7. The largest absolute Gasteiger partial charge is 0.497 e. The molecular weight excluding hydrogens is 438 g/mol. The summed E-state index contributed by atoms with van der Waals surface area (Å²) in [6.07, 6.45) is 0.549. The number of methoxy groups -OCH3 is 1. The molecule has 3 aromatic carbocycles. The van der Waals surface area contributed by atoms with Gasteiger partial charge in [0, 0.05) is 22.9 Å². The van der Waals surface area contributed by atoms with Gasteiger partial charge in [0.25, 0.3) is 0 Å². The molecule has 2 amide bonds. The van der Waals surface area contributed by atoms with E-state index in [9.17, 15) is 13.2 Å². The van der Waals surface area contributed by atoms with Gasteiger partial charge in [0.1, 0.15) is 5.75 Å². The van der Waals surface area contributed by atoms with Crippen LogP contribution in [0.25, 0.3) is 0 Å². The average Bonchev–Trinajstić information content (AvgIpc) is 2.76. The highest BCUT2D eigenvalue weighted by Crippen LogP contribution is 2.17. The Morgan fingerprint density at radius 1 is 0.871 bits per heavy atom. The highest BCUT2D eigenvalue weighted by Gasteiger charge is 2.13. The van der Waals surface area contributed by atoms with E-state index in [2.05, 4.69) is 15.4 Å². The van der Waals surface area contributed by atoms with Crippen molar-refractivity contribution in [1.29, 1.82) is 0 Å². The Kier molecular flexibility index (Phi) is 7.51. The number of amides is 2. The maximum absolute atomic E-state index is 12.5. The third kappa shape index (κ3) is 6.71. The van der Waals surface area contributed by atoms with Gasteiger partial charge in [0.2, 0.25) is 10.0 Å². The van der Waals surface area contributed by atoms with Gasteiger partial charge in [-0.05, 0) is 72.6 Å². The molecule has 0 unspecified atom stereocenters. The third-order valence-corrected chi connectivity index (χ3v) is 6.12. The molecule has 162 valence electrons. The predicted octanol–water partition coefficient (Wildman–Crippen LogP) is 4.51. The van der Waals surface area contributed by atoms with Crippen LogP contribution in [0.4, 0.5) is 16.2 Å². The van der Waals surface area contributed by atoms with E-state index in [-0.39, 0.29) is 11.4 Å². The molecule has 9 heteroatoms. The molecule has 0 heterocycles. The van der Waals surface area contributed by atoms with Crippen molar-refractivity contribution in [1.82, 2.24) is 4.72 Å². The number of rotatable bonds is 8. The zero-order chi connectivity index (χ0) is 22.3. The van der Waals surface area contributed by atoms with Crippen LogP contribution in [0.5, 0.6) is 5.75 Å². The summed E-state index contributed by atoms with van der Waals surface area (Å²) in [6, 6.07) is 19.6. The normalized spacial score (nSPS) is 11.0. The molecule has 31 heavy (non-hydrogen) atoms. The Labute approximate surface area is 186 Å². The maximum Gasteiger partial charge on any atom is 0.323 e. The minimum absolute atomic E-state index is 0.117. The van der Waals surface area contributed by atoms with Gasteiger partial charge in [-0.3, -0.25) is 0 Å². The lowest BCUT2D eigenvalue weighted by molar-refractivity contribution is 0.262. The van der Waals surface area contributed by atoms with Gasteiger partial charge in [0.15, 0.2) is 0 Å². The van der Waals surface area contributed by atoms with Crippen molar-refractivity contribution < 1.29 is 17.9 Å². The number of hydrogen-bond acceptors (Lipinski definition) is 4. The Bertz CT molecular complexity index is 1120. The molecule has 3 N–H and O–H groups in total. The van der Waals surface area contributed by atoms with Gasteiger partial charge < -0.3 is 15.4 Å². The lowest BCUT2D eigenvalue weighted by Gasteiger charge is -2.10. The summed E-state index contributed by atoms with van der Waals surface area (Å²) in [5.41, 5.74) is 2.04. The van der Waals surface area contributed by atoms with Crippen LogP contribution < -0.4 is 20.1 Å². The van der Waals surface area contributed by atoms with Crippen molar-refractivity contribution in [3.05, 3.63) is 83.4 Å². The number of urea groups is 1. The average molecular weight is 460 g/mol. The highest BCUT2D eigenvalue weighted by molar-refractivity contribution is 7.89. The summed E-state index contributed by atoms with van der Waals surface area (Å²) in [7, 11) is -2.06. The summed E-state index contributed by atoms with van der Waals surface area (Å²) in [5.74, 6) is 0.750. The molecule has 0 saturated carbocycles. The van der Waals surface area contributed by atoms with Gasteiger partial charge in [-0.15, -0.1) is 0 Å². The third-order valence-electron chi connectivity index (χ3n) is 4.39. The molecule has 3 aromatic rings. The van der Waals surface area contributed by atoms with Crippen molar-refractivity contribution in [2.75, 3.05) is 24.3 Å². The highest BCUT2D eigenvalue weighted by atomic mass is 35.5. The summed E-state index contributed by atoms with van der Waals surface area (Å²) in [4.78, 5) is 12.2. The predicted molar refractivity (Wildman–Crippen MR) is 122 cm³/mol. The first-order chi connectivity index (χ1) is 14.9. The minimum Gasteiger partial charge on any atom is -0.497 e. The van der Waals surface area contributed by atoms with E-state index in [1.807, 2.05) is 24.3 Å². The lowest BCUT2D eigenvalue weighted by Crippen LogP contribution is -2.26. The Hall–Kier alpha value is -3.07. The van der Waals surface area contributed by atoms with Crippen molar-refractivity contribution in [2.45, 2.75) is 11.3 Å². The second-order valence-corrected chi connectivity index (χ2v) is 8.81. The number of anilines is 2. The number of ether oxygens (including phenoxy) is 1. The molecule has 0 aromatic heterocycles. The summed E-state index contributed by atoms with van der Waals surface area (Å²) in [6.45, 7) is 0.262. The monoisotopic (exact) mass is 459 g/mol. The first-order valence-electron chi connectivity index (χ1n) is 9.42. The standard InChI is InChI=1S/C22H22ClN3O4S/c1-30-20-10-2-16(3-11-20)14-15-24-31(28,29)21-12-8-19(9-13-21)26-22(27)25-18-6-4-17(23)5-7-18/h2-13,24H,14-15H2,1H3,(H2,25,26,27). The van der Waals surface area contributed by atoms with E-state index < -0.39 is 16.1 Å². The number of nitrogens with one attached hydrogen (secondary N) is 3. The number of sulfonamides is 1. The van der Waals surface area contributed by atoms with Gasteiger partial charge >= 0.3 is 6.03 Å². The van der Waals surface area contributed by atoms with Crippen LogP contribution in [0, 0.1) is 0 Å². The summed E-state index contributed by atoms with van der Waals surface area (Å²) >= 11 is 5.82. The molecule has 3 rings (SSSR count). The Morgan fingerprint density at radius 3 is 1.97 bits per heavy atom. The zero-order valence-corrected chi connectivity index (χ0v) is 18.3. The van der Waals surface area contributed by atoms with Crippen LogP contribution >= 0.6 is 11.6 Å². The van der Waals surface area contributed by atoms with Crippen molar-refractivity contribution in [3.63, 3.8) is 0 Å². The molecule has 0 bridgehead atoms. The molecule has 7 nitrogen and oxygen atoms in total. The number of carbonyl (C=O) groups is 1. The van der Waals surface area contributed by atoms with Crippen LogP contribution in [0.1, 0.15) is 5.56 Å². The van der Waals surface area contributed by atoms with E-state index >= 15 is 0 Å². The van der Waals surface area contributed by atoms with E-state index in [0.717, 1.165) is 11.3 Å². The van der Waals surface area contributed by atoms with Crippen molar-refractivity contribution in [3.8, 4) is 5.75 Å². The molecule has 0 saturated heterocycles. The fourth-order valence-electron chi connectivity index (χ4n) is 2.75. The van der Waals surface area contributed by atoms with E-state index in [1.165, 1.54) is 24.3 Å². The van der Waals surface area contributed by atoms with Crippen LogP contribution in [-0.4, -0.2) is 28.1 Å². The molecular formula is C22H22ClN3O4S. The van der Waals surface area contributed by atoms with Crippen LogP contribution in [0.3, 0.4) is 0 Å². The fraction of sp³-hybridized carbons (Fsp3) is 0.136. The summed E-state index contributed by atoms with van der Waals surface area (Å²) in [5, 5.41) is 5.88. The lowest BCUT2D eigenvalue weighted by atomic mass is 10.1. The van der Waals surface area contributed by atoms with E-state index in [1.54, 1.807) is 31.4 Å². The smallest absolute Gasteiger partial charge is 0.323 e. The molecule has 0 radical (unpaired) electrons. The fourth-order valence-corrected chi connectivity index (χ4v) is 3.91. The van der Waals surface area contributed by atoms with Gasteiger partial charge in [-0.1, -0.05) is 23.7 Å². The van der Waals surface area contributed by atoms with E-state index in [0.29, 0.717) is 22.8 Å². The Balaban J connectivity index is 1.52. The number of carbonyl (C=O) groups excluding carboxylic acids is 1. The molecule has 0 spiro atoms. The zero-order valence-electron chi connectivity index (χ0n) is 16.8. The molecule has 0 aliphatic rings. The minimum atomic E-state index is -3.66. The van der Waals surface area contributed by atoms with Crippen LogP contribution in [0.15, 0.2) is 77.7 Å². The van der Waals surface area contributed by atoms with E-state index in [4.69, 9.17) is 16.3 Å². The number of halogens is 1. The quantitative estimate of drug-likeness (QED) is 0.461. The van der Waals surface area contributed by atoms with Gasteiger partial charge in [-0.25, -0.2) is 17.9 Å². The van der Waals surface area contributed by atoms with Crippen molar-refractivity contribution in [2.24, 2.45) is 0 Å². The van der Waals surface area contributed by atoms with Crippen molar-refractivity contribution >= 4 is 39.0 Å². The molecule has 0 aliphatic carbocycles.